The van der Waals surface area contributed by atoms with Crippen LogP contribution in [0.15, 0.2) is 16.7 Å². The summed E-state index contributed by atoms with van der Waals surface area (Å²) < 4.78 is 1.13. The molecule has 88 valence electrons. The number of aryl methyl sites for hydroxylation is 1. The normalized spacial score (nSPS) is 20.8. The number of pyridine rings is 1. The molecule has 1 fully saturated rings. The molecule has 2 rings (SSSR count). The summed E-state index contributed by atoms with van der Waals surface area (Å²) >= 11 is 3.63. The lowest BCUT2D eigenvalue weighted by atomic mass is 10.0. The van der Waals surface area contributed by atoms with Crippen LogP contribution in [0.2, 0.25) is 0 Å². The summed E-state index contributed by atoms with van der Waals surface area (Å²) in [6.07, 6.45) is 4.53. The fourth-order valence-corrected chi connectivity index (χ4v) is 3.18. The highest BCUT2D eigenvalue weighted by atomic mass is 79.9. The first-order valence-corrected chi connectivity index (χ1v) is 6.77. The van der Waals surface area contributed by atoms with Crippen molar-refractivity contribution in [2.45, 2.75) is 39.7 Å². The van der Waals surface area contributed by atoms with Crippen LogP contribution in [0.1, 0.15) is 32.3 Å². The van der Waals surface area contributed by atoms with Gasteiger partial charge in [0.1, 0.15) is 5.82 Å². The predicted octanol–water partition coefficient (Wildman–Crippen LogP) is 3.78. The average molecular weight is 283 g/mol. The SMILES string of the molecule is Cc1cnc(N2CCCC2C(C)C)c(Br)c1. The fraction of sp³-hybridized carbons (Fsp3) is 0.615. The minimum absolute atomic E-state index is 0.645. The lowest BCUT2D eigenvalue weighted by Crippen LogP contribution is -2.34. The maximum Gasteiger partial charge on any atom is 0.143 e. The first-order chi connectivity index (χ1) is 7.59. The molecule has 0 saturated carbocycles. The van der Waals surface area contributed by atoms with Crippen molar-refractivity contribution in [1.29, 1.82) is 0 Å². The second-order valence-electron chi connectivity index (χ2n) is 4.97. The van der Waals surface area contributed by atoms with E-state index < -0.39 is 0 Å². The lowest BCUT2D eigenvalue weighted by Gasteiger charge is -2.29. The summed E-state index contributed by atoms with van der Waals surface area (Å²) in [5.74, 6) is 1.80. The molecule has 1 aromatic rings. The van der Waals surface area contributed by atoms with Crippen molar-refractivity contribution in [3.63, 3.8) is 0 Å². The Kier molecular flexibility index (Phi) is 3.53. The van der Waals surface area contributed by atoms with Crippen molar-refractivity contribution >= 4 is 21.7 Å². The lowest BCUT2D eigenvalue weighted by molar-refractivity contribution is 0.489. The molecule has 0 spiro atoms. The molecule has 2 nitrogen and oxygen atoms in total. The zero-order valence-corrected chi connectivity index (χ0v) is 11.8. The van der Waals surface area contributed by atoms with Crippen LogP contribution in [-0.2, 0) is 0 Å². The molecule has 3 heteroatoms. The molecule has 1 atom stereocenters. The Morgan fingerprint density at radius 3 is 2.88 bits per heavy atom. The van der Waals surface area contributed by atoms with Gasteiger partial charge < -0.3 is 4.90 Å². The highest BCUT2D eigenvalue weighted by Crippen LogP contribution is 2.33. The molecule has 0 bridgehead atoms. The summed E-state index contributed by atoms with van der Waals surface area (Å²) in [6, 6.07) is 2.80. The van der Waals surface area contributed by atoms with Crippen molar-refractivity contribution in [1.82, 2.24) is 4.98 Å². The van der Waals surface area contributed by atoms with Crippen LogP contribution < -0.4 is 4.90 Å². The second-order valence-corrected chi connectivity index (χ2v) is 5.82. The van der Waals surface area contributed by atoms with Crippen molar-refractivity contribution in [2.24, 2.45) is 5.92 Å². The highest BCUT2D eigenvalue weighted by molar-refractivity contribution is 9.10. The summed E-state index contributed by atoms with van der Waals surface area (Å²) in [5.41, 5.74) is 1.20. The molecule has 2 heterocycles. The van der Waals surface area contributed by atoms with Gasteiger partial charge in [0.15, 0.2) is 0 Å². The maximum atomic E-state index is 4.57. The molecule has 0 amide bonds. The molecule has 0 aliphatic carbocycles. The molecule has 1 aliphatic rings. The minimum atomic E-state index is 0.645. The molecule has 1 unspecified atom stereocenters. The van der Waals surface area contributed by atoms with Crippen molar-refractivity contribution in [3.8, 4) is 0 Å². The van der Waals surface area contributed by atoms with Crippen LogP contribution in [0, 0.1) is 12.8 Å². The predicted molar refractivity (Wildman–Crippen MR) is 71.9 cm³/mol. The molecular weight excluding hydrogens is 264 g/mol. The Bertz CT molecular complexity index is 376. The number of aromatic nitrogens is 1. The highest BCUT2D eigenvalue weighted by Gasteiger charge is 2.29. The van der Waals surface area contributed by atoms with Gasteiger partial charge in [0.25, 0.3) is 0 Å². The van der Waals surface area contributed by atoms with Gasteiger partial charge in [-0.2, -0.15) is 0 Å². The summed E-state index contributed by atoms with van der Waals surface area (Å²) in [4.78, 5) is 7.02. The number of rotatable bonds is 2. The Labute approximate surface area is 106 Å². The van der Waals surface area contributed by atoms with Gasteiger partial charge in [0.05, 0.1) is 4.47 Å². The van der Waals surface area contributed by atoms with Gasteiger partial charge in [-0.15, -0.1) is 0 Å². The van der Waals surface area contributed by atoms with Crippen molar-refractivity contribution < 1.29 is 0 Å². The number of hydrogen-bond donors (Lipinski definition) is 0. The summed E-state index contributed by atoms with van der Waals surface area (Å²) in [5, 5.41) is 0. The number of halogens is 1. The van der Waals surface area contributed by atoms with E-state index in [-0.39, 0.29) is 0 Å². The van der Waals surface area contributed by atoms with Crippen LogP contribution in [0.4, 0.5) is 5.82 Å². The minimum Gasteiger partial charge on any atom is -0.352 e. The van der Waals surface area contributed by atoms with Gasteiger partial charge in [0, 0.05) is 18.8 Å². The van der Waals surface area contributed by atoms with Crippen LogP contribution in [0.25, 0.3) is 0 Å². The van der Waals surface area contributed by atoms with Crippen LogP contribution >= 0.6 is 15.9 Å². The average Bonchev–Trinajstić information content (AvgIpc) is 2.66. The molecule has 0 radical (unpaired) electrons. The Hall–Kier alpha value is -0.570. The molecule has 16 heavy (non-hydrogen) atoms. The van der Waals surface area contributed by atoms with E-state index in [1.54, 1.807) is 0 Å². The largest absolute Gasteiger partial charge is 0.352 e. The molecular formula is C13H19BrN2. The van der Waals surface area contributed by atoms with E-state index >= 15 is 0 Å². The van der Waals surface area contributed by atoms with Gasteiger partial charge in [-0.05, 0) is 53.2 Å². The third kappa shape index (κ3) is 2.24. The van der Waals surface area contributed by atoms with E-state index in [0.29, 0.717) is 12.0 Å². The van der Waals surface area contributed by atoms with E-state index in [1.165, 1.54) is 18.4 Å². The van der Waals surface area contributed by atoms with Crippen LogP contribution in [0.5, 0.6) is 0 Å². The third-order valence-electron chi connectivity index (χ3n) is 3.30. The molecule has 1 aliphatic heterocycles. The number of hydrogen-bond acceptors (Lipinski definition) is 2. The van der Waals surface area contributed by atoms with Gasteiger partial charge in [-0.3, -0.25) is 0 Å². The number of anilines is 1. The van der Waals surface area contributed by atoms with Crippen molar-refractivity contribution in [2.75, 3.05) is 11.4 Å². The van der Waals surface area contributed by atoms with Gasteiger partial charge in [0.2, 0.25) is 0 Å². The maximum absolute atomic E-state index is 4.57. The second kappa shape index (κ2) is 4.74. The fourth-order valence-electron chi connectivity index (χ4n) is 2.49. The Balaban J connectivity index is 2.29. The van der Waals surface area contributed by atoms with Crippen LogP contribution in [-0.4, -0.2) is 17.6 Å². The summed E-state index contributed by atoms with van der Waals surface area (Å²) in [7, 11) is 0. The van der Waals surface area contributed by atoms with Crippen LogP contribution in [0.3, 0.4) is 0 Å². The number of nitrogens with zero attached hydrogens (tertiary/aromatic N) is 2. The third-order valence-corrected chi connectivity index (χ3v) is 3.88. The van der Waals surface area contributed by atoms with E-state index in [1.807, 2.05) is 6.20 Å². The van der Waals surface area contributed by atoms with Gasteiger partial charge in [-0.1, -0.05) is 13.8 Å². The van der Waals surface area contributed by atoms with Crippen molar-refractivity contribution in [3.05, 3.63) is 22.3 Å². The quantitative estimate of drug-likeness (QED) is 0.821. The van der Waals surface area contributed by atoms with Gasteiger partial charge >= 0.3 is 0 Å². The first-order valence-electron chi connectivity index (χ1n) is 5.98. The van der Waals surface area contributed by atoms with E-state index in [9.17, 15) is 0 Å². The Morgan fingerprint density at radius 2 is 2.25 bits per heavy atom. The molecule has 1 saturated heterocycles. The van der Waals surface area contributed by atoms with E-state index in [2.05, 4.69) is 52.7 Å². The molecule has 0 N–H and O–H groups in total. The standard InChI is InChI=1S/C13H19BrN2/c1-9(2)12-5-4-6-16(12)13-11(14)7-10(3)8-15-13/h7-9,12H,4-6H2,1-3H3. The molecule has 0 aromatic carbocycles. The zero-order chi connectivity index (χ0) is 11.7. The van der Waals surface area contributed by atoms with E-state index in [0.717, 1.165) is 16.8 Å². The van der Waals surface area contributed by atoms with E-state index in [4.69, 9.17) is 0 Å². The monoisotopic (exact) mass is 282 g/mol. The summed E-state index contributed by atoms with van der Waals surface area (Å²) in [6.45, 7) is 7.80. The molecule has 1 aromatic heterocycles. The van der Waals surface area contributed by atoms with Gasteiger partial charge in [-0.25, -0.2) is 4.98 Å². The Morgan fingerprint density at radius 1 is 1.50 bits per heavy atom. The first kappa shape index (κ1) is 11.9. The topological polar surface area (TPSA) is 16.1 Å². The smallest absolute Gasteiger partial charge is 0.143 e. The zero-order valence-electron chi connectivity index (χ0n) is 10.2.